The Balaban J connectivity index is 2.15. The molecule has 0 saturated carbocycles. The van der Waals surface area contributed by atoms with Gasteiger partial charge in [-0.25, -0.2) is 0 Å². The molecule has 0 aliphatic carbocycles. The highest BCUT2D eigenvalue weighted by Gasteiger charge is 2.42. The summed E-state index contributed by atoms with van der Waals surface area (Å²) < 4.78 is 5.24. The lowest BCUT2D eigenvalue weighted by Gasteiger charge is -2.17. The van der Waals surface area contributed by atoms with Gasteiger partial charge >= 0.3 is 0 Å². The molecule has 4 N–H and O–H groups in total. The first-order valence-electron chi connectivity index (χ1n) is 6.08. The van der Waals surface area contributed by atoms with E-state index in [9.17, 15) is 20.3 Å². The first kappa shape index (κ1) is 14.7. The predicted octanol–water partition coefficient (Wildman–Crippen LogP) is -0.246. The van der Waals surface area contributed by atoms with Crippen molar-refractivity contribution in [2.45, 2.75) is 31.5 Å². The number of hydrogen-bond acceptors (Lipinski definition) is 7. The number of nitrogens with one attached hydrogen (secondary N) is 1. The second-order valence-corrected chi connectivity index (χ2v) is 4.66. The number of nitrogens with zero attached hydrogens (tertiary/aromatic N) is 1. The number of ether oxygens (including phenoxy) is 1. The van der Waals surface area contributed by atoms with Gasteiger partial charge in [0.2, 0.25) is 0 Å². The van der Waals surface area contributed by atoms with Gasteiger partial charge < -0.3 is 25.4 Å². The van der Waals surface area contributed by atoms with Gasteiger partial charge in [-0.3, -0.25) is 10.1 Å². The molecule has 1 aromatic rings. The van der Waals surface area contributed by atoms with E-state index in [1.54, 1.807) is 19.1 Å². The molecule has 0 bridgehead atoms. The van der Waals surface area contributed by atoms with Crippen LogP contribution in [-0.2, 0) is 4.74 Å². The highest BCUT2D eigenvalue weighted by Crippen LogP contribution is 2.26. The first-order chi connectivity index (χ1) is 9.43. The summed E-state index contributed by atoms with van der Waals surface area (Å²) in [7, 11) is 0. The Labute approximate surface area is 114 Å². The summed E-state index contributed by atoms with van der Waals surface area (Å²) in [5.41, 5.74) is 0.848. The molecule has 1 saturated heterocycles. The summed E-state index contributed by atoms with van der Waals surface area (Å²) >= 11 is 0. The number of benzene rings is 1. The summed E-state index contributed by atoms with van der Waals surface area (Å²) in [6, 6.07) is 4.50. The Morgan fingerprint density at radius 3 is 2.65 bits per heavy atom. The maximum Gasteiger partial charge on any atom is 0.274 e. The molecule has 110 valence electrons. The number of hydrogen-bond donors (Lipinski definition) is 4. The molecule has 0 radical (unpaired) electrons. The fraction of sp³-hybridized carbons (Fsp3) is 0.500. The van der Waals surface area contributed by atoms with Gasteiger partial charge in [-0.05, 0) is 13.0 Å². The number of anilines is 1. The normalized spacial score (nSPS) is 29.4. The van der Waals surface area contributed by atoms with Crippen LogP contribution in [0.2, 0.25) is 0 Å². The van der Waals surface area contributed by atoms with Crippen LogP contribution in [0, 0.1) is 17.0 Å². The molecule has 0 amide bonds. The van der Waals surface area contributed by atoms with Crippen molar-refractivity contribution in [2.24, 2.45) is 0 Å². The zero-order valence-corrected chi connectivity index (χ0v) is 10.8. The topological polar surface area (TPSA) is 125 Å². The van der Waals surface area contributed by atoms with Crippen molar-refractivity contribution in [3.05, 3.63) is 33.9 Å². The van der Waals surface area contributed by atoms with E-state index in [-0.39, 0.29) is 5.69 Å². The highest BCUT2D eigenvalue weighted by atomic mass is 16.6. The molecule has 2 rings (SSSR count). The van der Waals surface area contributed by atoms with Crippen LogP contribution in [0.5, 0.6) is 0 Å². The highest BCUT2D eigenvalue weighted by molar-refractivity contribution is 5.55. The Morgan fingerprint density at radius 1 is 1.40 bits per heavy atom. The summed E-state index contributed by atoms with van der Waals surface area (Å²) in [6.07, 6.45) is -4.27. The minimum Gasteiger partial charge on any atom is -0.394 e. The van der Waals surface area contributed by atoms with Crippen LogP contribution in [0.3, 0.4) is 0 Å². The van der Waals surface area contributed by atoms with E-state index in [0.29, 0.717) is 11.3 Å². The zero-order chi connectivity index (χ0) is 14.9. The van der Waals surface area contributed by atoms with Crippen LogP contribution in [0.1, 0.15) is 5.56 Å². The van der Waals surface area contributed by atoms with Crippen molar-refractivity contribution in [1.82, 2.24) is 0 Å². The predicted molar refractivity (Wildman–Crippen MR) is 69.2 cm³/mol. The van der Waals surface area contributed by atoms with Gasteiger partial charge in [-0.15, -0.1) is 0 Å². The number of rotatable bonds is 4. The average molecular weight is 284 g/mol. The lowest BCUT2D eigenvalue weighted by Crippen LogP contribution is -2.36. The molecule has 0 aromatic heterocycles. The van der Waals surface area contributed by atoms with E-state index in [1.807, 2.05) is 0 Å². The van der Waals surface area contributed by atoms with Gasteiger partial charge in [0.05, 0.1) is 11.5 Å². The molecule has 8 nitrogen and oxygen atoms in total. The summed E-state index contributed by atoms with van der Waals surface area (Å²) in [5.74, 6) is 0. The van der Waals surface area contributed by atoms with Gasteiger partial charge in [-0.1, -0.05) is 6.07 Å². The third-order valence-corrected chi connectivity index (χ3v) is 3.26. The number of aliphatic hydroxyl groups is 3. The molecule has 20 heavy (non-hydrogen) atoms. The smallest absolute Gasteiger partial charge is 0.274 e. The van der Waals surface area contributed by atoms with Crippen molar-refractivity contribution in [1.29, 1.82) is 0 Å². The van der Waals surface area contributed by atoms with Crippen LogP contribution < -0.4 is 5.32 Å². The monoisotopic (exact) mass is 284 g/mol. The zero-order valence-electron chi connectivity index (χ0n) is 10.8. The second-order valence-electron chi connectivity index (χ2n) is 4.66. The Hall–Kier alpha value is -1.74. The van der Waals surface area contributed by atoms with Crippen molar-refractivity contribution in [3.63, 3.8) is 0 Å². The van der Waals surface area contributed by atoms with E-state index >= 15 is 0 Å². The minimum atomic E-state index is -1.23. The Morgan fingerprint density at radius 2 is 2.10 bits per heavy atom. The van der Waals surface area contributed by atoms with Gasteiger partial charge in [0.15, 0.2) is 6.23 Å². The third kappa shape index (κ3) is 2.73. The lowest BCUT2D eigenvalue weighted by molar-refractivity contribution is -0.385. The van der Waals surface area contributed by atoms with Crippen molar-refractivity contribution in [3.8, 4) is 0 Å². The molecule has 1 aliphatic heterocycles. The molecular formula is C12H16N2O6. The van der Waals surface area contributed by atoms with E-state index < -0.39 is 36.1 Å². The van der Waals surface area contributed by atoms with Crippen LogP contribution in [-0.4, -0.2) is 51.4 Å². The van der Waals surface area contributed by atoms with Gasteiger partial charge in [-0.2, -0.15) is 0 Å². The van der Waals surface area contributed by atoms with Crippen molar-refractivity contribution < 1.29 is 25.0 Å². The van der Waals surface area contributed by atoms with Crippen LogP contribution in [0.25, 0.3) is 0 Å². The van der Waals surface area contributed by atoms with Crippen LogP contribution in [0.15, 0.2) is 18.2 Å². The maximum absolute atomic E-state index is 10.9. The molecular weight excluding hydrogens is 268 g/mol. The van der Waals surface area contributed by atoms with Crippen LogP contribution in [0.4, 0.5) is 11.4 Å². The maximum atomic E-state index is 10.9. The fourth-order valence-electron chi connectivity index (χ4n) is 2.08. The molecule has 0 spiro atoms. The Bertz CT molecular complexity index is 509. The van der Waals surface area contributed by atoms with Crippen molar-refractivity contribution in [2.75, 3.05) is 11.9 Å². The second kappa shape index (κ2) is 5.71. The Kier molecular flexibility index (Phi) is 4.19. The standard InChI is InChI=1S/C12H16N2O6/c1-6-2-3-7(4-8(6)14(18)19)13-12-11(17)10(16)9(5-15)20-12/h2-4,9-13,15-17H,5H2,1H3/t9-,10-,11+,12+/m1/s1. The van der Waals surface area contributed by atoms with Crippen LogP contribution >= 0.6 is 0 Å². The van der Waals surface area contributed by atoms with E-state index in [2.05, 4.69) is 5.32 Å². The van der Waals surface area contributed by atoms with E-state index in [4.69, 9.17) is 9.84 Å². The molecule has 1 aromatic carbocycles. The van der Waals surface area contributed by atoms with E-state index in [1.165, 1.54) is 6.07 Å². The first-order valence-corrected chi connectivity index (χ1v) is 6.08. The number of aryl methyl sites for hydroxylation is 1. The molecule has 1 aliphatic rings. The molecule has 1 heterocycles. The average Bonchev–Trinajstić information content (AvgIpc) is 2.68. The fourth-order valence-corrected chi connectivity index (χ4v) is 2.08. The van der Waals surface area contributed by atoms with Gasteiger partial charge in [0, 0.05) is 17.3 Å². The molecule has 1 fully saturated rings. The SMILES string of the molecule is Cc1ccc(N[C@H]2O[C@H](CO)[C@@H](O)[C@@H]2O)cc1[N+](=O)[O-]. The minimum absolute atomic E-state index is 0.0539. The van der Waals surface area contributed by atoms with Gasteiger partial charge in [0.1, 0.15) is 18.3 Å². The third-order valence-electron chi connectivity index (χ3n) is 3.26. The molecule has 8 heteroatoms. The number of nitro benzene ring substituents is 1. The van der Waals surface area contributed by atoms with Gasteiger partial charge in [0.25, 0.3) is 5.69 Å². The summed E-state index contributed by atoms with van der Waals surface area (Å²) in [4.78, 5) is 10.3. The number of aliphatic hydroxyl groups excluding tert-OH is 3. The largest absolute Gasteiger partial charge is 0.394 e. The molecule has 4 atom stereocenters. The molecule has 0 unspecified atom stereocenters. The summed E-state index contributed by atoms with van der Waals surface area (Å²) in [5, 5.41) is 42.0. The summed E-state index contributed by atoms with van der Waals surface area (Å²) in [6.45, 7) is 1.19. The lowest BCUT2D eigenvalue weighted by atomic mass is 10.1. The van der Waals surface area contributed by atoms with Crippen molar-refractivity contribution >= 4 is 11.4 Å². The van der Waals surface area contributed by atoms with E-state index in [0.717, 1.165) is 0 Å². The number of nitro groups is 1. The quantitative estimate of drug-likeness (QED) is 0.444.